The zero-order valence-electron chi connectivity index (χ0n) is 14.8. The van der Waals surface area contributed by atoms with E-state index in [-0.39, 0.29) is 17.6 Å². The molecule has 2 heterocycles. The Morgan fingerprint density at radius 2 is 2.15 bits per heavy atom. The molecule has 1 amide bonds. The molecule has 2 aromatic carbocycles. The number of rotatable bonds is 4. The molecule has 138 valence electrons. The molecule has 0 unspecified atom stereocenters. The van der Waals surface area contributed by atoms with Gasteiger partial charge in [0.2, 0.25) is 0 Å². The SMILES string of the molecule is CNc1ccc(C(=O)N2CCC[C@H]2c2nc3ccccc3[nH]2)cc1[N+](=O)[O-]. The zero-order chi connectivity index (χ0) is 19.0. The molecular formula is C19H19N5O3. The maximum Gasteiger partial charge on any atom is 0.293 e. The molecule has 1 aliphatic heterocycles. The van der Waals surface area contributed by atoms with Crippen molar-refractivity contribution in [2.24, 2.45) is 0 Å². The summed E-state index contributed by atoms with van der Waals surface area (Å²) in [4.78, 5) is 33.5. The standard InChI is InChI=1S/C19H19N5O3/c1-20-15-9-8-12(11-17(15)24(26)27)19(25)23-10-4-7-16(23)18-21-13-5-2-3-6-14(13)22-18/h2-3,5-6,8-9,11,16,20H,4,7,10H2,1H3,(H,21,22)/t16-/m0/s1. The normalized spacial score (nSPS) is 16.6. The molecule has 1 aliphatic rings. The minimum absolute atomic E-state index is 0.108. The number of hydrogen-bond acceptors (Lipinski definition) is 5. The van der Waals surface area contributed by atoms with Crippen LogP contribution in [-0.4, -0.2) is 39.3 Å². The van der Waals surface area contributed by atoms with Crippen molar-refractivity contribution in [3.8, 4) is 0 Å². The molecule has 4 rings (SSSR count). The fraction of sp³-hybridized carbons (Fsp3) is 0.263. The van der Waals surface area contributed by atoms with E-state index in [1.165, 1.54) is 6.07 Å². The highest BCUT2D eigenvalue weighted by Crippen LogP contribution is 2.34. The quantitative estimate of drug-likeness (QED) is 0.544. The number of aromatic nitrogens is 2. The number of anilines is 1. The molecule has 1 saturated heterocycles. The maximum absolute atomic E-state index is 13.1. The van der Waals surface area contributed by atoms with Crippen molar-refractivity contribution in [2.45, 2.75) is 18.9 Å². The number of likely N-dealkylation sites (tertiary alicyclic amines) is 1. The molecular weight excluding hydrogens is 346 g/mol. The lowest BCUT2D eigenvalue weighted by Crippen LogP contribution is -2.31. The summed E-state index contributed by atoms with van der Waals surface area (Å²) in [6, 6.07) is 12.1. The van der Waals surface area contributed by atoms with Gasteiger partial charge in [0.25, 0.3) is 11.6 Å². The summed E-state index contributed by atoms with van der Waals surface area (Å²) in [6.07, 6.45) is 1.67. The van der Waals surface area contributed by atoms with E-state index in [1.54, 1.807) is 24.1 Å². The van der Waals surface area contributed by atoms with Gasteiger partial charge in [-0.25, -0.2) is 4.98 Å². The number of para-hydroxylation sites is 2. The van der Waals surface area contributed by atoms with Gasteiger partial charge < -0.3 is 15.2 Å². The molecule has 1 aromatic heterocycles. The number of nitrogens with one attached hydrogen (secondary N) is 2. The Labute approximate surface area is 155 Å². The number of H-pyrrole nitrogens is 1. The van der Waals surface area contributed by atoms with Crippen molar-refractivity contribution >= 4 is 28.3 Å². The summed E-state index contributed by atoms with van der Waals surface area (Å²) in [5.74, 6) is 0.534. The Kier molecular flexibility index (Phi) is 4.23. The number of carbonyl (C=O) groups excluding carboxylic acids is 1. The number of nitro benzene ring substituents is 1. The second-order valence-electron chi connectivity index (χ2n) is 6.53. The van der Waals surface area contributed by atoms with Gasteiger partial charge in [-0.15, -0.1) is 0 Å². The molecule has 2 N–H and O–H groups in total. The predicted molar refractivity (Wildman–Crippen MR) is 102 cm³/mol. The van der Waals surface area contributed by atoms with Gasteiger partial charge in [0, 0.05) is 25.2 Å². The van der Waals surface area contributed by atoms with Crippen LogP contribution in [0, 0.1) is 10.1 Å². The number of nitro groups is 1. The van der Waals surface area contributed by atoms with Crippen LogP contribution in [0.5, 0.6) is 0 Å². The van der Waals surface area contributed by atoms with Crippen molar-refractivity contribution < 1.29 is 9.72 Å². The van der Waals surface area contributed by atoms with Crippen LogP contribution in [0.1, 0.15) is 35.1 Å². The molecule has 0 bridgehead atoms. The predicted octanol–water partition coefficient (Wildman–Crippen LogP) is 3.49. The highest BCUT2D eigenvalue weighted by molar-refractivity contribution is 5.96. The van der Waals surface area contributed by atoms with Crippen LogP contribution in [0.2, 0.25) is 0 Å². The molecule has 0 radical (unpaired) electrons. The van der Waals surface area contributed by atoms with Crippen molar-refractivity contribution in [2.75, 3.05) is 18.9 Å². The molecule has 0 saturated carbocycles. The van der Waals surface area contributed by atoms with Gasteiger partial charge in [-0.2, -0.15) is 0 Å². The van der Waals surface area contributed by atoms with E-state index in [0.29, 0.717) is 17.8 Å². The third-order valence-corrected chi connectivity index (χ3v) is 4.95. The van der Waals surface area contributed by atoms with Gasteiger partial charge in [0.05, 0.1) is 22.0 Å². The Morgan fingerprint density at radius 1 is 1.33 bits per heavy atom. The van der Waals surface area contributed by atoms with Gasteiger partial charge in [-0.3, -0.25) is 14.9 Å². The van der Waals surface area contributed by atoms with E-state index < -0.39 is 4.92 Å². The van der Waals surface area contributed by atoms with E-state index >= 15 is 0 Å². The molecule has 0 aliphatic carbocycles. The van der Waals surface area contributed by atoms with Gasteiger partial charge in [0.1, 0.15) is 11.5 Å². The lowest BCUT2D eigenvalue weighted by molar-refractivity contribution is -0.384. The summed E-state index contributed by atoms with van der Waals surface area (Å²) < 4.78 is 0. The summed E-state index contributed by atoms with van der Waals surface area (Å²) in [5, 5.41) is 14.1. The van der Waals surface area contributed by atoms with E-state index in [1.807, 2.05) is 24.3 Å². The third-order valence-electron chi connectivity index (χ3n) is 4.95. The molecule has 1 fully saturated rings. The number of hydrogen-bond donors (Lipinski definition) is 2. The lowest BCUT2D eigenvalue weighted by Gasteiger charge is -2.23. The molecule has 8 nitrogen and oxygen atoms in total. The topological polar surface area (TPSA) is 104 Å². The number of carbonyl (C=O) groups is 1. The van der Waals surface area contributed by atoms with Gasteiger partial charge in [-0.1, -0.05) is 12.1 Å². The van der Waals surface area contributed by atoms with E-state index in [2.05, 4.69) is 15.3 Å². The van der Waals surface area contributed by atoms with Crippen molar-refractivity contribution in [1.29, 1.82) is 0 Å². The average molecular weight is 365 g/mol. The first-order valence-corrected chi connectivity index (χ1v) is 8.80. The van der Waals surface area contributed by atoms with Crippen LogP contribution in [0.3, 0.4) is 0 Å². The first-order chi connectivity index (χ1) is 13.1. The minimum Gasteiger partial charge on any atom is -0.383 e. The van der Waals surface area contributed by atoms with Gasteiger partial charge in [0.15, 0.2) is 0 Å². The average Bonchev–Trinajstić information content (AvgIpc) is 3.33. The van der Waals surface area contributed by atoms with E-state index in [0.717, 1.165) is 29.7 Å². The molecule has 27 heavy (non-hydrogen) atoms. The first kappa shape index (κ1) is 17.0. The highest BCUT2D eigenvalue weighted by Gasteiger charge is 2.33. The van der Waals surface area contributed by atoms with Crippen LogP contribution < -0.4 is 5.32 Å². The molecule has 8 heteroatoms. The molecule has 1 atom stereocenters. The van der Waals surface area contributed by atoms with Crippen molar-refractivity contribution in [3.63, 3.8) is 0 Å². The van der Waals surface area contributed by atoms with Crippen LogP contribution in [0.4, 0.5) is 11.4 Å². The highest BCUT2D eigenvalue weighted by atomic mass is 16.6. The number of aromatic amines is 1. The van der Waals surface area contributed by atoms with Crippen LogP contribution >= 0.6 is 0 Å². The monoisotopic (exact) mass is 365 g/mol. The van der Waals surface area contributed by atoms with Crippen LogP contribution in [0.25, 0.3) is 11.0 Å². The third kappa shape index (κ3) is 2.99. The van der Waals surface area contributed by atoms with Crippen LogP contribution in [-0.2, 0) is 0 Å². The summed E-state index contributed by atoms with van der Waals surface area (Å²) in [6.45, 7) is 0.599. The summed E-state index contributed by atoms with van der Waals surface area (Å²) in [5.41, 5.74) is 2.37. The number of fused-ring (bicyclic) bond motifs is 1. The Bertz CT molecular complexity index is 996. The van der Waals surface area contributed by atoms with Crippen molar-refractivity contribution in [3.05, 3.63) is 64.0 Å². The van der Waals surface area contributed by atoms with Gasteiger partial charge in [-0.05, 0) is 37.1 Å². The second-order valence-corrected chi connectivity index (χ2v) is 6.53. The Hall–Kier alpha value is -3.42. The summed E-state index contributed by atoms with van der Waals surface area (Å²) >= 11 is 0. The lowest BCUT2D eigenvalue weighted by atomic mass is 10.1. The smallest absolute Gasteiger partial charge is 0.293 e. The van der Waals surface area contributed by atoms with Crippen molar-refractivity contribution in [1.82, 2.24) is 14.9 Å². The zero-order valence-corrected chi connectivity index (χ0v) is 14.8. The Balaban J connectivity index is 1.66. The molecule has 0 spiro atoms. The number of nitrogens with zero attached hydrogens (tertiary/aromatic N) is 3. The second kappa shape index (κ2) is 6.71. The number of amides is 1. The largest absolute Gasteiger partial charge is 0.383 e. The maximum atomic E-state index is 13.1. The molecule has 3 aromatic rings. The van der Waals surface area contributed by atoms with Gasteiger partial charge >= 0.3 is 0 Å². The van der Waals surface area contributed by atoms with E-state index in [4.69, 9.17) is 0 Å². The number of benzene rings is 2. The number of imidazole rings is 1. The van der Waals surface area contributed by atoms with Crippen LogP contribution in [0.15, 0.2) is 42.5 Å². The fourth-order valence-electron chi connectivity index (χ4n) is 3.62. The summed E-state index contributed by atoms with van der Waals surface area (Å²) in [7, 11) is 1.61. The minimum atomic E-state index is -0.483. The first-order valence-electron chi connectivity index (χ1n) is 8.80. The van der Waals surface area contributed by atoms with E-state index in [9.17, 15) is 14.9 Å². The Morgan fingerprint density at radius 3 is 2.89 bits per heavy atom. The fourth-order valence-corrected chi connectivity index (χ4v) is 3.62.